The van der Waals surface area contributed by atoms with Crippen LogP contribution in [0.25, 0.3) is 0 Å². The molecule has 18 heavy (non-hydrogen) atoms. The number of terminal acetylenes is 1. The molecule has 0 amide bonds. The van der Waals surface area contributed by atoms with E-state index in [0.717, 1.165) is 6.07 Å². The first-order valence-electron chi connectivity index (χ1n) is 5.21. The number of rotatable bonds is 5. The summed E-state index contributed by atoms with van der Waals surface area (Å²) in [5, 5.41) is 13.5. The van der Waals surface area contributed by atoms with Gasteiger partial charge in [-0.15, -0.1) is 12.3 Å². The molecule has 0 spiro atoms. The summed E-state index contributed by atoms with van der Waals surface area (Å²) in [4.78, 5) is 9.98. The maximum absolute atomic E-state index is 13.7. The van der Waals surface area contributed by atoms with Crippen molar-refractivity contribution in [2.24, 2.45) is 0 Å². The van der Waals surface area contributed by atoms with Gasteiger partial charge in [0.25, 0.3) is 0 Å². The van der Waals surface area contributed by atoms with Crippen LogP contribution in [0.1, 0.15) is 13.3 Å². The molecule has 0 aliphatic heterocycles. The lowest BCUT2D eigenvalue weighted by molar-refractivity contribution is -0.385. The molecule has 6 heteroatoms. The molecule has 0 fully saturated rings. The van der Waals surface area contributed by atoms with Gasteiger partial charge in [0.15, 0.2) is 11.6 Å². The van der Waals surface area contributed by atoms with Crippen LogP contribution in [-0.4, -0.2) is 18.1 Å². The van der Waals surface area contributed by atoms with E-state index in [1.807, 2.05) is 0 Å². The Kier molecular flexibility index (Phi) is 4.49. The number of nitro benzene ring substituents is 1. The van der Waals surface area contributed by atoms with E-state index >= 15 is 0 Å². The molecule has 0 radical (unpaired) electrons. The third-order valence-electron chi connectivity index (χ3n) is 2.29. The van der Waals surface area contributed by atoms with Gasteiger partial charge >= 0.3 is 5.69 Å². The number of hydrogen-bond acceptors (Lipinski definition) is 4. The number of benzene rings is 1. The average molecular weight is 252 g/mol. The highest BCUT2D eigenvalue weighted by atomic mass is 19.1. The van der Waals surface area contributed by atoms with Crippen molar-refractivity contribution in [2.45, 2.75) is 19.4 Å². The largest absolute Gasteiger partial charge is 0.490 e. The van der Waals surface area contributed by atoms with Crippen molar-refractivity contribution in [1.29, 1.82) is 0 Å². The molecule has 0 aliphatic carbocycles. The number of nitro groups is 1. The summed E-state index contributed by atoms with van der Waals surface area (Å²) in [5.74, 6) is 1.72. The first-order chi connectivity index (χ1) is 8.49. The zero-order valence-electron chi connectivity index (χ0n) is 10.1. The molecule has 96 valence electrons. The molecule has 0 saturated heterocycles. The Labute approximate surface area is 104 Å². The second kappa shape index (κ2) is 5.87. The fourth-order valence-electron chi connectivity index (χ4n) is 1.45. The molecule has 0 aliphatic rings. The molecule has 0 heterocycles. The lowest BCUT2D eigenvalue weighted by Crippen LogP contribution is -2.15. The zero-order chi connectivity index (χ0) is 13.7. The van der Waals surface area contributed by atoms with Crippen LogP contribution in [0.5, 0.6) is 5.75 Å². The summed E-state index contributed by atoms with van der Waals surface area (Å²) in [6, 6.07) is 1.93. The number of methoxy groups -OCH3 is 1. The lowest BCUT2D eigenvalue weighted by atomic mass is 10.2. The van der Waals surface area contributed by atoms with Gasteiger partial charge in [0.2, 0.25) is 0 Å². The van der Waals surface area contributed by atoms with E-state index < -0.39 is 16.4 Å². The quantitative estimate of drug-likeness (QED) is 0.497. The van der Waals surface area contributed by atoms with E-state index in [9.17, 15) is 14.5 Å². The Bertz CT molecular complexity index is 497. The Morgan fingerprint density at radius 2 is 2.33 bits per heavy atom. The highest BCUT2D eigenvalue weighted by Crippen LogP contribution is 2.32. The number of anilines is 1. The normalized spacial score (nSPS) is 11.4. The van der Waals surface area contributed by atoms with Gasteiger partial charge in [0.05, 0.1) is 23.8 Å². The van der Waals surface area contributed by atoms with Crippen LogP contribution >= 0.6 is 0 Å². The van der Waals surface area contributed by atoms with Crippen molar-refractivity contribution in [3.63, 3.8) is 0 Å². The second-order valence-corrected chi connectivity index (χ2v) is 3.71. The smallest absolute Gasteiger partial charge is 0.313 e. The number of nitrogens with one attached hydrogen (secondary N) is 1. The van der Waals surface area contributed by atoms with Gasteiger partial charge < -0.3 is 10.1 Å². The molecule has 1 aromatic rings. The van der Waals surface area contributed by atoms with Gasteiger partial charge in [-0.1, -0.05) is 0 Å². The summed E-state index contributed by atoms with van der Waals surface area (Å²) >= 11 is 0. The number of nitrogens with zero attached hydrogens (tertiary/aromatic N) is 1. The van der Waals surface area contributed by atoms with Crippen molar-refractivity contribution >= 4 is 11.4 Å². The molecule has 1 atom stereocenters. The molecule has 1 rings (SSSR count). The monoisotopic (exact) mass is 252 g/mol. The molecule has 1 N–H and O–H groups in total. The Balaban J connectivity index is 3.08. The van der Waals surface area contributed by atoms with Gasteiger partial charge in [-0.25, -0.2) is 4.39 Å². The van der Waals surface area contributed by atoms with E-state index in [2.05, 4.69) is 11.2 Å². The molecule has 0 bridgehead atoms. The third kappa shape index (κ3) is 3.10. The molecular formula is C12H13FN2O3. The lowest BCUT2D eigenvalue weighted by Gasteiger charge is -2.14. The summed E-state index contributed by atoms with van der Waals surface area (Å²) in [6.45, 7) is 1.78. The predicted octanol–water partition coefficient (Wildman–Crippen LogP) is 2.57. The topological polar surface area (TPSA) is 64.4 Å². The minimum atomic E-state index is -0.716. The molecule has 1 aromatic carbocycles. The summed E-state index contributed by atoms with van der Waals surface area (Å²) in [7, 11) is 1.29. The maximum Gasteiger partial charge on any atom is 0.313 e. The molecule has 5 nitrogen and oxygen atoms in total. The average Bonchev–Trinajstić information content (AvgIpc) is 2.31. The second-order valence-electron chi connectivity index (χ2n) is 3.71. The van der Waals surface area contributed by atoms with Gasteiger partial charge in [-0.2, -0.15) is 0 Å². The van der Waals surface area contributed by atoms with Gasteiger partial charge in [-0.05, 0) is 6.92 Å². The molecule has 1 unspecified atom stereocenters. The highest BCUT2D eigenvalue weighted by Gasteiger charge is 2.19. The van der Waals surface area contributed by atoms with Crippen molar-refractivity contribution in [3.05, 3.63) is 28.1 Å². The van der Waals surface area contributed by atoms with E-state index in [4.69, 9.17) is 11.2 Å². The fraction of sp³-hybridized carbons (Fsp3) is 0.333. The number of halogens is 1. The van der Waals surface area contributed by atoms with Crippen LogP contribution in [-0.2, 0) is 0 Å². The summed E-state index contributed by atoms with van der Waals surface area (Å²) in [6.07, 6.45) is 5.56. The fourth-order valence-corrected chi connectivity index (χ4v) is 1.45. The summed E-state index contributed by atoms with van der Waals surface area (Å²) in [5.41, 5.74) is -0.287. The van der Waals surface area contributed by atoms with Crippen LogP contribution in [0, 0.1) is 28.3 Å². The van der Waals surface area contributed by atoms with Crippen LogP contribution in [0.2, 0.25) is 0 Å². The first kappa shape index (κ1) is 13.8. The minimum absolute atomic E-state index is 0.00296. The van der Waals surface area contributed by atoms with Crippen LogP contribution in [0.15, 0.2) is 12.1 Å². The van der Waals surface area contributed by atoms with Crippen molar-refractivity contribution < 1.29 is 14.1 Å². The minimum Gasteiger partial charge on any atom is -0.490 e. The van der Waals surface area contributed by atoms with Crippen molar-refractivity contribution in [1.82, 2.24) is 0 Å². The third-order valence-corrected chi connectivity index (χ3v) is 2.29. The van der Waals surface area contributed by atoms with E-state index in [1.165, 1.54) is 13.2 Å². The first-order valence-corrected chi connectivity index (χ1v) is 5.21. The van der Waals surface area contributed by atoms with Crippen molar-refractivity contribution in [3.8, 4) is 18.1 Å². The van der Waals surface area contributed by atoms with Crippen molar-refractivity contribution in [2.75, 3.05) is 12.4 Å². The van der Waals surface area contributed by atoms with Gasteiger partial charge in [0.1, 0.15) is 0 Å². The van der Waals surface area contributed by atoms with E-state index in [0.29, 0.717) is 6.42 Å². The van der Waals surface area contributed by atoms with Gasteiger partial charge in [-0.3, -0.25) is 10.1 Å². The Hall–Kier alpha value is -2.29. The van der Waals surface area contributed by atoms with Gasteiger partial charge in [0, 0.05) is 18.5 Å². The molecule has 0 aromatic heterocycles. The van der Waals surface area contributed by atoms with Crippen LogP contribution < -0.4 is 10.1 Å². The van der Waals surface area contributed by atoms with E-state index in [1.54, 1.807) is 6.92 Å². The SMILES string of the molecule is C#CCC(C)Nc1cc(OC)c([N+](=O)[O-])cc1F. The standard InChI is InChI=1S/C12H13FN2O3/c1-4-5-8(2)14-10-7-12(18-3)11(15(16)17)6-9(10)13/h1,6-8,14H,5H2,2-3H3. The summed E-state index contributed by atoms with van der Waals surface area (Å²) < 4.78 is 18.5. The number of hydrogen-bond donors (Lipinski definition) is 1. The number of ether oxygens (including phenoxy) is 1. The Morgan fingerprint density at radius 3 is 2.83 bits per heavy atom. The Morgan fingerprint density at radius 1 is 1.67 bits per heavy atom. The zero-order valence-corrected chi connectivity index (χ0v) is 10.1. The highest BCUT2D eigenvalue weighted by molar-refractivity contribution is 5.59. The maximum atomic E-state index is 13.7. The molecule has 0 saturated carbocycles. The molecular weight excluding hydrogens is 239 g/mol. The van der Waals surface area contributed by atoms with Crippen LogP contribution in [0.4, 0.5) is 15.8 Å². The van der Waals surface area contributed by atoms with E-state index in [-0.39, 0.29) is 17.5 Å². The predicted molar refractivity (Wildman–Crippen MR) is 66.1 cm³/mol. The van der Waals surface area contributed by atoms with Crippen LogP contribution in [0.3, 0.4) is 0 Å².